The van der Waals surface area contributed by atoms with Gasteiger partial charge in [-0.1, -0.05) is 71.6 Å². The molecule has 4 heteroatoms. The summed E-state index contributed by atoms with van der Waals surface area (Å²) in [7, 11) is 9.87. The summed E-state index contributed by atoms with van der Waals surface area (Å²) in [6, 6.07) is 0. The average Bonchev–Trinajstić information content (AvgIpc) is 3.42. The number of rotatable bonds is 9. The van der Waals surface area contributed by atoms with E-state index in [1.165, 1.54) is 70.6 Å². The molecule has 0 aromatic carbocycles. The molecule has 0 heterocycles. The van der Waals surface area contributed by atoms with Crippen LogP contribution >= 0.6 is 17.0 Å². The number of ether oxygens (including phenoxy) is 1. The molecule has 4 fully saturated rings. The van der Waals surface area contributed by atoms with Gasteiger partial charge >= 0.3 is 37.9 Å². The average molecular weight is 637 g/mol. The first-order valence-corrected chi connectivity index (χ1v) is 21.6. The second-order valence-corrected chi connectivity index (χ2v) is 17.9. The Bertz CT molecular complexity index is 582. The summed E-state index contributed by atoms with van der Waals surface area (Å²) < 4.78 is 5.88. The summed E-state index contributed by atoms with van der Waals surface area (Å²) in [5, 5.41) is 0. The van der Waals surface area contributed by atoms with Gasteiger partial charge in [0.1, 0.15) is 0 Å². The molecular weight excluding hydrogens is 574 g/mol. The van der Waals surface area contributed by atoms with Crippen LogP contribution in [0.5, 0.6) is 0 Å². The van der Waals surface area contributed by atoms with Crippen molar-refractivity contribution in [2.45, 2.75) is 143 Å². The normalized spacial score (nSPS) is 33.1. The van der Waals surface area contributed by atoms with Crippen LogP contribution in [0.25, 0.3) is 0 Å². The van der Waals surface area contributed by atoms with Gasteiger partial charge in [0.05, 0.1) is 5.60 Å². The van der Waals surface area contributed by atoms with Gasteiger partial charge in [-0.3, -0.25) is 0 Å². The van der Waals surface area contributed by atoms with Gasteiger partial charge in [0.25, 0.3) is 0 Å². The van der Waals surface area contributed by atoms with Crippen molar-refractivity contribution in [2.24, 2.45) is 46.8 Å². The summed E-state index contributed by atoms with van der Waals surface area (Å²) in [5.41, 5.74) is 0.607. The summed E-state index contributed by atoms with van der Waals surface area (Å²) in [6.45, 7) is 12.9. The Labute approximate surface area is 252 Å². The first kappa shape index (κ1) is 36.4. The molecule has 218 valence electrons. The monoisotopic (exact) mass is 634 g/mol. The zero-order chi connectivity index (χ0) is 25.5. The molecule has 0 aliphatic heterocycles. The quantitative estimate of drug-likeness (QED) is 0.181. The predicted octanol–water partition coefficient (Wildman–Crippen LogP) is 11.7. The number of fused-ring (bicyclic) bond motifs is 3. The van der Waals surface area contributed by atoms with Gasteiger partial charge in [-0.15, -0.1) is 0 Å². The van der Waals surface area contributed by atoms with E-state index >= 15 is 0 Å². The van der Waals surface area contributed by atoms with E-state index in [2.05, 4.69) is 34.6 Å². The van der Waals surface area contributed by atoms with Crippen LogP contribution in [-0.4, -0.2) is 12.2 Å². The van der Waals surface area contributed by atoms with Crippen molar-refractivity contribution >= 4 is 17.0 Å². The van der Waals surface area contributed by atoms with Crippen molar-refractivity contribution < 1.29 is 25.6 Å². The third-order valence-corrected chi connectivity index (χ3v) is 10.7. The molecule has 0 spiro atoms. The molecule has 0 saturated heterocycles. The van der Waals surface area contributed by atoms with Gasteiger partial charge in [-0.2, -0.15) is 0 Å². The minimum absolute atomic E-state index is 0. The summed E-state index contributed by atoms with van der Waals surface area (Å²) in [5.74, 6) is 7.46. The van der Waals surface area contributed by atoms with Gasteiger partial charge in [-0.25, -0.2) is 0 Å². The van der Waals surface area contributed by atoms with Crippen LogP contribution in [0.3, 0.4) is 0 Å². The molecule has 0 bridgehead atoms. The Morgan fingerprint density at radius 3 is 1.68 bits per heavy atom. The van der Waals surface area contributed by atoms with E-state index in [1.807, 2.05) is 0 Å². The fourth-order valence-electron chi connectivity index (χ4n) is 9.30. The molecule has 1 nitrogen and oxygen atoms in total. The SMILES string of the molecule is CC(C)(C)OCCCCCCC1CCC(C(C)(C)C2C3CCCCC3C3CCCCC32)C1.[CH3-].[CH3-].[Cl][Zr+2][Cl]. The first-order chi connectivity index (χ1) is 16.7. The fourth-order valence-corrected chi connectivity index (χ4v) is 9.30. The number of halogens is 2. The molecular formula is C33H62Cl2OZr. The Balaban J connectivity index is 0.00000131. The molecule has 4 aliphatic carbocycles. The third-order valence-electron chi connectivity index (χ3n) is 10.7. The van der Waals surface area contributed by atoms with Gasteiger partial charge < -0.3 is 19.6 Å². The molecule has 4 aliphatic rings. The van der Waals surface area contributed by atoms with Crippen LogP contribution in [0, 0.1) is 61.7 Å². The Morgan fingerprint density at radius 1 is 0.676 bits per heavy atom. The maximum atomic E-state index is 5.88. The summed E-state index contributed by atoms with van der Waals surface area (Å²) in [4.78, 5) is 0. The van der Waals surface area contributed by atoms with E-state index in [9.17, 15) is 0 Å². The Morgan fingerprint density at radius 2 is 1.16 bits per heavy atom. The number of hydrogen-bond acceptors (Lipinski definition) is 1. The van der Waals surface area contributed by atoms with Crippen LogP contribution in [0.1, 0.15) is 137 Å². The standard InChI is InChI=1S/C31H56O.2CH3.2ClH.Zr/c1-30(2,3)32-21-13-7-6-8-14-23-19-20-24(22-23)31(4,5)29-27-17-11-9-15-25(27)26-16-10-12-18-28(26)29;;;;;/h23-29H,6-22H2,1-5H3;2*1H3;2*1H;/q;2*-1;;;+4/p-2. The third kappa shape index (κ3) is 10.3. The first-order valence-electron chi connectivity index (χ1n) is 15.3. The minimum atomic E-state index is -0.826. The fraction of sp³-hybridized carbons (Fsp3) is 0.939. The zero-order valence-electron chi connectivity index (χ0n) is 25.7. The topological polar surface area (TPSA) is 9.23 Å². The van der Waals surface area contributed by atoms with Crippen molar-refractivity contribution in [3.8, 4) is 0 Å². The van der Waals surface area contributed by atoms with Gasteiger partial charge in [0.15, 0.2) is 0 Å². The summed E-state index contributed by atoms with van der Waals surface area (Å²) in [6.07, 6.45) is 24.0. The number of hydrogen-bond donors (Lipinski definition) is 0. The van der Waals surface area contributed by atoms with E-state index in [0.717, 1.165) is 48.0 Å². The van der Waals surface area contributed by atoms with Crippen LogP contribution in [-0.2, 0) is 25.6 Å². The van der Waals surface area contributed by atoms with E-state index in [4.69, 9.17) is 21.8 Å². The van der Waals surface area contributed by atoms with Crippen molar-refractivity contribution in [3.05, 3.63) is 14.9 Å². The molecule has 0 aromatic heterocycles. The van der Waals surface area contributed by atoms with E-state index in [0.29, 0.717) is 5.41 Å². The van der Waals surface area contributed by atoms with Crippen LogP contribution in [0.2, 0.25) is 0 Å². The van der Waals surface area contributed by atoms with Crippen molar-refractivity contribution in [1.29, 1.82) is 0 Å². The summed E-state index contributed by atoms with van der Waals surface area (Å²) >= 11 is -0.826. The molecule has 6 unspecified atom stereocenters. The second kappa shape index (κ2) is 17.4. The number of unbranched alkanes of at least 4 members (excludes halogenated alkanes) is 3. The van der Waals surface area contributed by atoms with Crippen molar-refractivity contribution in [1.82, 2.24) is 0 Å². The molecule has 0 amide bonds. The van der Waals surface area contributed by atoms with Gasteiger partial charge in [-0.05, 0) is 113 Å². The molecule has 0 aromatic rings. The predicted molar refractivity (Wildman–Crippen MR) is 162 cm³/mol. The molecule has 4 rings (SSSR count). The Hall–Kier alpha value is 1.42. The van der Waals surface area contributed by atoms with E-state index in [1.54, 1.807) is 32.1 Å². The van der Waals surface area contributed by atoms with Crippen LogP contribution < -0.4 is 0 Å². The maximum absolute atomic E-state index is 5.88. The van der Waals surface area contributed by atoms with Gasteiger partial charge in [0, 0.05) is 6.61 Å². The molecule has 0 radical (unpaired) electrons. The van der Waals surface area contributed by atoms with Crippen LogP contribution in [0.15, 0.2) is 0 Å². The van der Waals surface area contributed by atoms with E-state index in [-0.39, 0.29) is 20.5 Å². The molecule has 37 heavy (non-hydrogen) atoms. The van der Waals surface area contributed by atoms with E-state index < -0.39 is 20.8 Å². The van der Waals surface area contributed by atoms with Crippen LogP contribution in [0.4, 0.5) is 0 Å². The molecule has 6 atom stereocenters. The molecule has 0 N–H and O–H groups in total. The van der Waals surface area contributed by atoms with Gasteiger partial charge in [0.2, 0.25) is 0 Å². The van der Waals surface area contributed by atoms with Crippen molar-refractivity contribution in [2.75, 3.05) is 6.61 Å². The van der Waals surface area contributed by atoms with Crippen molar-refractivity contribution in [3.63, 3.8) is 0 Å². The second-order valence-electron chi connectivity index (χ2n) is 14.2. The molecule has 4 saturated carbocycles. The Kier molecular flexibility index (Phi) is 17.1. The zero-order valence-corrected chi connectivity index (χ0v) is 29.7.